The van der Waals surface area contributed by atoms with Crippen LogP contribution in [0.25, 0.3) is 0 Å². The van der Waals surface area contributed by atoms with Crippen molar-refractivity contribution in [2.75, 3.05) is 0 Å². The van der Waals surface area contributed by atoms with Crippen molar-refractivity contribution in [1.29, 1.82) is 0 Å². The molecule has 0 aliphatic carbocycles. The molecule has 0 aliphatic heterocycles. The van der Waals surface area contributed by atoms with Crippen LogP contribution in [-0.2, 0) is 10.8 Å². The summed E-state index contributed by atoms with van der Waals surface area (Å²) in [5.74, 6) is -5.90. The topological polar surface area (TPSA) is 38.7 Å². The van der Waals surface area contributed by atoms with Crippen molar-refractivity contribution < 1.29 is 36.4 Å². The summed E-state index contributed by atoms with van der Waals surface area (Å²) in [6.45, 7) is 6.48. The second-order valence-corrected chi connectivity index (χ2v) is 7.25. The molecule has 2 aromatic rings. The minimum Gasteiger partial charge on any atom is -0.429 e. The quantitative estimate of drug-likeness (QED) is 0.433. The van der Waals surface area contributed by atoms with Crippen molar-refractivity contribution in [2.45, 2.75) is 45.0 Å². The maximum Gasteiger partial charge on any atom is 0.426 e. The molecule has 28 heavy (non-hydrogen) atoms. The molecule has 2 aromatic carbocycles. The van der Waals surface area contributed by atoms with Gasteiger partial charge in [0, 0.05) is 12.1 Å². The van der Waals surface area contributed by atoms with E-state index in [-0.39, 0.29) is 0 Å². The van der Waals surface area contributed by atoms with Gasteiger partial charge in [0.25, 0.3) is 0 Å². The SMILES string of the molecule is CC(C)(O)C(C)(C)O[B]c1ccc(C(F)(F)Oc2cc(F)c(F)c(F)c2)cc1. The third kappa shape index (κ3) is 5.02. The maximum atomic E-state index is 14.2. The maximum absolute atomic E-state index is 14.2. The first-order valence-electron chi connectivity index (χ1n) is 8.28. The zero-order chi connectivity index (χ0) is 21.3. The number of hydrogen-bond acceptors (Lipinski definition) is 3. The minimum atomic E-state index is -3.91. The lowest BCUT2D eigenvalue weighted by atomic mass is 9.82. The van der Waals surface area contributed by atoms with Crippen molar-refractivity contribution in [3.8, 4) is 5.75 Å². The molecule has 0 amide bonds. The molecule has 0 bridgehead atoms. The highest BCUT2D eigenvalue weighted by atomic mass is 19.3. The Bertz CT molecular complexity index is 809. The third-order valence-corrected chi connectivity index (χ3v) is 4.41. The molecule has 0 heterocycles. The molecule has 3 nitrogen and oxygen atoms in total. The molecule has 1 radical (unpaired) electrons. The van der Waals surface area contributed by atoms with Gasteiger partial charge in [-0.15, -0.1) is 0 Å². The van der Waals surface area contributed by atoms with Crippen LogP contribution >= 0.6 is 0 Å². The van der Waals surface area contributed by atoms with Crippen molar-refractivity contribution in [1.82, 2.24) is 0 Å². The highest BCUT2D eigenvalue weighted by Crippen LogP contribution is 2.32. The lowest BCUT2D eigenvalue weighted by Gasteiger charge is -2.37. The van der Waals surface area contributed by atoms with Gasteiger partial charge in [0.05, 0.1) is 16.8 Å². The Labute approximate surface area is 160 Å². The zero-order valence-electron chi connectivity index (χ0n) is 15.7. The molecule has 0 atom stereocenters. The van der Waals surface area contributed by atoms with Crippen LogP contribution in [0.4, 0.5) is 22.0 Å². The number of benzene rings is 2. The van der Waals surface area contributed by atoms with Gasteiger partial charge < -0.3 is 14.5 Å². The standard InChI is InChI=1S/C19H19BF5O3/c1-17(2,26)18(3,4)28-20-12-7-5-11(6-8-12)19(24,25)27-13-9-14(21)16(23)15(22)10-13/h5-10,26H,1-4H3. The van der Waals surface area contributed by atoms with Gasteiger partial charge >= 0.3 is 13.6 Å². The van der Waals surface area contributed by atoms with Crippen molar-refractivity contribution in [3.05, 3.63) is 59.4 Å². The summed E-state index contributed by atoms with van der Waals surface area (Å²) in [7, 11) is 1.31. The second kappa shape index (κ2) is 7.71. The van der Waals surface area contributed by atoms with Gasteiger partial charge in [-0.2, -0.15) is 8.78 Å². The van der Waals surface area contributed by atoms with Gasteiger partial charge in [-0.25, -0.2) is 13.2 Å². The summed E-state index contributed by atoms with van der Waals surface area (Å²) < 4.78 is 77.6. The second-order valence-electron chi connectivity index (χ2n) is 7.25. The number of ether oxygens (including phenoxy) is 1. The summed E-state index contributed by atoms with van der Waals surface area (Å²) in [5.41, 5.74) is -2.23. The van der Waals surface area contributed by atoms with Crippen LogP contribution in [0.2, 0.25) is 0 Å². The molecule has 151 valence electrons. The summed E-state index contributed by atoms with van der Waals surface area (Å²) in [6, 6.07) is 5.39. The van der Waals surface area contributed by atoms with Gasteiger partial charge in [-0.05, 0) is 39.8 Å². The van der Waals surface area contributed by atoms with Crippen LogP contribution < -0.4 is 10.2 Å². The van der Waals surface area contributed by atoms with E-state index in [9.17, 15) is 27.1 Å². The van der Waals surface area contributed by atoms with E-state index >= 15 is 0 Å². The van der Waals surface area contributed by atoms with E-state index < -0.39 is 46.1 Å². The van der Waals surface area contributed by atoms with Gasteiger partial charge in [0.2, 0.25) is 0 Å². The van der Waals surface area contributed by atoms with E-state index in [4.69, 9.17) is 4.65 Å². The predicted molar refractivity (Wildman–Crippen MR) is 94.1 cm³/mol. The number of hydrogen-bond donors (Lipinski definition) is 1. The monoisotopic (exact) mass is 401 g/mol. The smallest absolute Gasteiger partial charge is 0.426 e. The molecular weight excluding hydrogens is 382 g/mol. The molecule has 0 aromatic heterocycles. The molecule has 0 fully saturated rings. The zero-order valence-corrected chi connectivity index (χ0v) is 15.7. The summed E-state index contributed by atoms with van der Waals surface area (Å²) >= 11 is 0. The van der Waals surface area contributed by atoms with Crippen molar-refractivity contribution in [2.24, 2.45) is 0 Å². The Morgan fingerprint density at radius 2 is 1.39 bits per heavy atom. The van der Waals surface area contributed by atoms with Crippen LogP contribution in [0, 0.1) is 17.5 Å². The fourth-order valence-electron chi connectivity index (χ4n) is 1.91. The summed E-state index contributed by atoms with van der Waals surface area (Å²) in [6.07, 6.45) is -3.91. The van der Waals surface area contributed by atoms with Gasteiger partial charge in [0.15, 0.2) is 17.5 Å². The minimum absolute atomic E-state index is 0.334. The number of aliphatic hydroxyl groups is 1. The van der Waals surface area contributed by atoms with Crippen LogP contribution in [0.15, 0.2) is 36.4 Å². The highest BCUT2D eigenvalue weighted by Gasteiger charge is 2.37. The largest absolute Gasteiger partial charge is 0.429 e. The van der Waals surface area contributed by atoms with E-state index in [1.165, 1.54) is 19.6 Å². The molecular formula is C19H19BF5O3. The fraction of sp³-hybridized carbons (Fsp3) is 0.368. The normalized spacial score (nSPS) is 12.8. The van der Waals surface area contributed by atoms with Crippen LogP contribution in [0.3, 0.4) is 0 Å². The van der Waals surface area contributed by atoms with E-state index in [1.54, 1.807) is 27.7 Å². The molecule has 2 rings (SSSR count). The van der Waals surface area contributed by atoms with E-state index in [2.05, 4.69) is 4.74 Å². The Morgan fingerprint density at radius 1 is 0.893 bits per heavy atom. The first kappa shape index (κ1) is 22.2. The van der Waals surface area contributed by atoms with Crippen LogP contribution in [0.5, 0.6) is 5.75 Å². The van der Waals surface area contributed by atoms with Gasteiger partial charge in [0.1, 0.15) is 5.75 Å². The average Bonchev–Trinajstić information content (AvgIpc) is 2.57. The first-order chi connectivity index (χ1) is 12.7. The molecule has 0 spiro atoms. The molecule has 0 aliphatic rings. The Balaban J connectivity index is 2.11. The molecule has 0 saturated carbocycles. The summed E-state index contributed by atoms with van der Waals surface area (Å²) in [5, 5.41) is 10.0. The fourth-order valence-corrected chi connectivity index (χ4v) is 1.91. The predicted octanol–water partition coefficient (Wildman–Crippen LogP) is 4.04. The molecule has 0 saturated heterocycles. The Morgan fingerprint density at radius 3 is 1.86 bits per heavy atom. The van der Waals surface area contributed by atoms with E-state index in [0.29, 0.717) is 17.6 Å². The third-order valence-electron chi connectivity index (χ3n) is 4.41. The van der Waals surface area contributed by atoms with Crippen molar-refractivity contribution >= 4 is 12.9 Å². The summed E-state index contributed by atoms with van der Waals surface area (Å²) in [4.78, 5) is 0. The van der Waals surface area contributed by atoms with Crippen molar-refractivity contribution in [3.63, 3.8) is 0 Å². The average molecular weight is 401 g/mol. The number of alkyl halides is 2. The van der Waals surface area contributed by atoms with Gasteiger partial charge in [-0.1, -0.05) is 17.6 Å². The molecule has 1 N–H and O–H groups in total. The Hall–Kier alpha value is -2.13. The Kier molecular flexibility index (Phi) is 6.11. The van der Waals surface area contributed by atoms with E-state index in [1.807, 2.05) is 0 Å². The van der Waals surface area contributed by atoms with Crippen LogP contribution in [0.1, 0.15) is 33.3 Å². The number of halogens is 5. The molecule has 0 unspecified atom stereocenters. The van der Waals surface area contributed by atoms with Crippen LogP contribution in [-0.4, -0.2) is 23.8 Å². The first-order valence-corrected chi connectivity index (χ1v) is 8.28. The lowest BCUT2D eigenvalue weighted by molar-refractivity contribution is -0.185. The highest BCUT2D eigenvalue weighted by molar-refractivity contribution is 6.47. The molecule has 9 heteroatoms. The number of rotatable bonds is 7. The van der Waals surface area contributed by atoms with E-state index in [0.717, 1.165) is 12.1 Å². The van der Waals surface area contributed by atoms with Gasteiger partial charge in [-0.3, -0.25) is 0 Å². The lowest BCUT2D eigenvalue weighted by Crippen LogP contribution is -2.49.